The highest BCUT2D eigenvalue weighted by Gasteiger charge is 2.76. The lowest BCUT2D eigenvalue weighted by Crippen LogP contribution is -2.56. The summed E-state index contributed by atoms with van der Waals surface area (Å²) in [6, 6.07) is 0. The van der Waals surface area contributed by atoms with Crippen LogP contribution in [0.5, 0.6) is 0 Å². The zero-order valence-corrected chi connectivity index (χ0v) is 17.0. The maximum Gasteiger partial charge on any atom is 0.460 e. The van der Waals surface area contributed by atoms with Gasteiger partial charge in [-0.05, 0) is 13.8 Å². The summed E-state index contributed by atoms with van der Waals surface area (Å²) in [5.74, 6) is -18.8. The Morgan fingerprint density at radius 3 is 1.61 bits per heavy atom. The number of hydrogen-bond donors (Lipinski definition) is 0. The van der Waals surface area contributed by atoms with Gasteiger partial charge in [-0.3, -0.25) is 14.4 Å². The molecule has 182 valence electrons. The highest BCUT2D eigenvalue weighted by Crippen LogP contribution is 2.47. The molecule has 31 heavy (non-hydrogen) atoms. The minimum atomic E-state index is -6.72. The third kappa shape index (κ3) is 8.00. The Balaban J connectivity index is 4.65. The van der Waals surface area contributed by atoms with Crippen LogP contribution in [-0.4, -0.2) is 82.3 Å². The van der Waals surface area contributed by atoms with Gasteiger partial charge in [0.1, 0.15) is 12.0 Å². The molecule has 0 atom stereocenters. The van der Waals surface area contributed by atoms with Crippen molar-refractivity contribution in [1.82, 2.24) is 0 Å². The average molecular weight is 472 g/mol. The van der Waals surface area contributed by atoms with E-state index in [0.29, 0.717) is 13.2 Å². The Kier molecular flexibility index (Phi) is 11.0. The summed E-state index contributed by atoms with van der Waals surface area (Å²) in [6.45, 7) is 2.20. The smallest absolute Gasteiger partial charge is 0.460 e. The molecule has 0 aromatic rings. The number of Topliss-reactive ketones (excluding diaryl/α,β-unsaturated/α-hetero) is 2. The summed E-state index contributed by atoms with van der Waals surface area (Å²) in [6.07, 6.45) is -8.76. The van der Waals surface area contributed by atoms with Crippen molar-refractivity contribution in [2.75, 3.05) is 46.8 Å². The minimum absolute atomic E-state index is 0.126. The van der Waals surface area contributed by atoms with Gasteiger partial charge in [0.05, 0.1) is 39.5 Å². The third-order valence-corrected chi connectivity index (χ3v) is 3.89. The fourth-order valence-corrected chi connectivity index (χ4v) is 1.78. The molecule has 0 aliphatic rings. The van der Waals surface area contributed by atoms with Gasteiger partial charge in [-0.1, -0.05) is 0 Å². The van der Waals surface area contributed by atoms with Crippen molar-refractivity contribution >= 4 is 17.5 Å². The van der Waals surface area contributed by atoms with Gasteiger partial charge in [-0.2, -0.15) is 30.7 Å². The predicted octanol–water partition coefficient (Wildman–Crippen LogP) is 2.60. The zero-order chi connectivity index (χ0) is 24.5. The van der Waals surface area contributed by atoms with Crippen LogP contribution in [0.1, 0.15) is 20.3 Å². The fourth-order valence-electron chi connectivity index (χ4n) is 1.78. The molecule has 0 fully saturated rings. The van der Waals surface area contributed by atoms with Gasteiger partial charge in [-0.25, -0.2) is 0 Å². The van der Waals surface area contributed by atoms with Crippen LogP contribution in [0.3, 0.4) is 0 Å². The van der Waals surface area contributed by atoms with E-state index < -0.39 is 47.4 Å². The second-order valence-electron chi connectivity index (χ2n) is 6.65. The average Bonchev–Trinajstić information content (AvgIpc) is 2.65. The molecule has 0 heterocycles. The number of ether oxygens (including phenoxy) is 4. The Morgan fingerprint density at radius 2 is 1.16 bits per heavy atom. The van der Waals surface area contributed by atoms with E-state index in [1.54, 1.807) is 0 Å². The van der Waals surface area contributed by atoms with E-state index >= 15 is 0 Å². The number of esters is 1. The van der Waals surface area contributed by atoms with Crippen molar-refractivity contribution < 1.29 is 64.1 Å². The number of alkyl halides is 7. The number of hydrogen-bond acceptors (Lipinski definition) is 7. The first-order chi connectivity index (χ1) is 14.0. The summed E-state index contributed by atoms with van der Waals surface area (Å²) in [7, 11) is 1.49. The molecule has 0 N–H and O–H groups in total. The van der Waals surface area contributed by atoms with Crippen LogP contribution in [0.15, 0.2) is 0 Å². The van der Waals surface area contributed by atoms with Crippen LogP contribution in [0.25, 0.3) is 0 Å². The number of carbonyl (C=O) groups excluding carboxylic acids is 3. The molecular weight excluding hydrogens is 449 g/mol. The third-order valence-electron chi connectivity index (χ3n) is 3.89. The van der Waals surface area contributed by atoms with Gasteiger partial charge in [0.2, 0.25) is 5.78 Å². The molecule has 0 aromatic carbocycles. The van der Waals surface area contributed by atoms with Crippen LogP contribution in [-0.2, 0) is 33.3 Å². The normalized spacial score (nSPS) is 13.2. The number of ketones is 2. The van der Waals surface area contributed by atoms with Crippen LogP contribution >= 0.6 is 0 Å². The molecule has 0 aromatic heterocycles. The van der Waals surface area contributed by atoms with Crippen molar-refractivity contribution in [2.45, 2.75) is 38.3 Å². The van der Waals surface area contributed by atoms with Crippen molar-refractivity contribution in [3.63, 3.8) is 0 Å². The number of rotatable bonds is 15. The molecular formula is C17H23F7O7. The molecule has 0 saturated heterocycles. The lowest BCUT2D eigenvalue weighted by Gasteiger charge is -2.28. The van der Waals surface area contributed by atoms with Crippen molar-refractivity contribution in [3.8, 4) is 0 Å². The second kappa shape index (κ2) is 11.7. The maximum atomic E-state index is 13.3. The first kappa shape index (κ1) is 29.2. The minimum Gasteiger partial charge on any atom is -0.463 e. The SMILES string of the molecule is COCCOCCOCCOC(=O)C(C)(C)C(=O)CC(=O)C(F)(F)C(F)(F)C(F)(F)F. The fraction of sp³-hybridized carbons (Fsp3) is 0.824. The van der Waals surface area contributed by atoms with Gasteiger partial charge in [0.15, 0.2) is 5.78 Å². The lowest BCUT2D eigenvalue weighted by molar-refractivity contribution is -0.343. The Morgan fingerprint density at radius 1 is 0.710 bits per heavy atom. The first-order valence-electron chi connectivity index (χ1n) is 8.74. The number of carbonyl (C=O) groups is 3. The highest BCUT2D eigenvalue weighted by atomic mass is 19.4. The molecule has 0 spiro atoms. The van der Waals surface area contributed by atoms with E-state index in [-0.39, 0.29) is 26.4 Å². The second-order valence-corrected chi connectivity index (χ2v) is 6.65. The molecule has 0 radical (unpaired) electrons. The van der Waals surface area contributed by atoms with Gasteiger partial charge >= 0.3 is 24.0 Å². The van der Waals surface area contributed by atoms with E-state index in [2.05, 4.69) is 4.74 Å². The summed E-state index contributed by atoms with van der Waals surface area (Å²) >= 11 is 0. The number of halogens is 7. The van der Waals surface area contributed by atoms with E-state index in [1.807, 2.05) is 0 Å². The van der Waals surface area contributed by atoms with Gasteiger partial charge in [0.25, 0.3) is 0 Å². The highest BCUT2D eigenvalue weighted by molar-refractivity contribution is 6.12. The predicted molar refractivity (Wildman–Crippen MR) is 88.8 cm³/mol. The van der Waals surface area contributed by atoms with Gasteiger partial charge < -0.3 is 18.9 Å². The Hall–Kier alpha value is -1.80. The summed E-state index contributed by atoms with van der Waals surface area (Å²) in [5, 5.41) is 0. The van der Waals surface area contributed by atoms with Gasteiger partial charge in [0, 0.05) is 7.11 Å². The summed E-state index contributed by atoms with van der Waals surface area (Å²) in [5.41, 5.74) is -2.26. The van der Waals surface area contributed by atoms with Crippen molar-refractivity contribution in [3.05, 3.63) is 0 Å². The van der Waals surface area contributed by atoms with Crippen LogP contribution < -0.4 is 0 Å². The number of methoxy groups -OCH3 is 1. The molecule has 7 nitrogen and oxygen atoms in total. The summed E-state index contributed by atoms with van der Waals surface area (Å²) in [4.78, 5) is 35.2. The quantitative estimate of drug-likeness (QED) is 0.157. The molecule has 0 unspecified atom stereocenters. The largest absolute Gasteiger partial charge is 0.463 e. The van der Waals surface area contributed by atoms with Crippen LogP contribution in [0.2, 0.25) is 0 Å². The summed E-state index contributed by atoms with van der Waals surface area (Å²) < 4.78 is 108. The Labute approximate surface area is 173 Å². The van der Waals surface area contributed by atoms with Gasteiger partial charge in [-0.15, -0.1) is 0 Å². The standard InChI is InChI=1S/C17H23F7O7/c1-14(2,13(27)31-9-8-30-7-6-29-5-4-28-3)11(25)10-12(26)15(18,19)16(20,21)17(22,23)24/h4-10H2,1-3H3. The molecule has 0 bridgehead atoms. The molecule has 0 aliphatic carbocycles. The monoisotopic (exact) mass is 472 g/mol. The van der Waals surface area contributed by atoms with E-state index in [9.17, 15) is 45.1 Å². The maximum absolute atomic E-state index is 13.3. The van der Waals surface area contributed by atoms with Crippen LogP contribution in [0, 0.1) is 5.41 Å². The molecule has 0 saturated carbocycles. The molecule has 0 rings (SSSR count). The topological polar surface area (TPSA) is 88.1 Å². The lowest BCUT2D eigenvalue weighted by atomic mass is 9.84. The van der Waals surface area contributed by atoms with Crippen molar-refractivity contribution in [1.29, 1.82) is 0 Å². The molecule has 0 amide bonds. The van der Waals surface area contributed by atoms with Crippen LogP contribution in [0.4, 0.5) is 30.7 Å². The molecule has 0 aliphatic heterocycles. The molecule has 14 heteroatoms. The first-order valence-corrected chi connectivity index (χ1v) is 8.74. The van der Waals surface area contributed by atoms with E-state index in [1.165, 1.54) is 7.11 Å². The van der Waals surface area contributed by atoms with Crippen molar-refractivity contribution in [2.24, 2.45) is 5.41 Å². The van der Waals surface area contributed by atoms with E-state index in [4.69, 9.17) is 14.2 Å². The zero-order valence-electron chi connectivity index (χ0n) is 17.0. The Bertz CT molecular complexity index is 618. The van der Waals surface area contributed by atoms with E-state index in [0.717, 1.165) is 13.8 Å².